The number of aryl methyl sites for hydroxylation is 1. The zero-order valence-corrected chi connectivity index (χ0v) is 17.7. The molecule has 4 rings (SSSR count). The second kappa shape index (κ2) is 8.35. The number of anilines is 1. The Labute approximate surface area is 177 Å². The normalized spacial score (nSPS) is 19.3. The Morgan fingerprint density at radius 2 is 1.97 bits per heavy atom. The lowest BCUT2D eigenvalue weighted by Crippen LogP contribution is -2.36. The number of carbonyl (C=O) groups excluding carboxylic acids is 2. The summed E-state index contributed by atoms with van der Waals surface area (Å²) in [5.41, 5.74) is 1.35. The van der Waals surface area contributed by atoms with Crippen molar-refractivity contribution in [3.63, 3.8) is 0 Å². The van der Waals surface area contributed by atoms with Crippen LogP contribution in [-0.2, 0) is 27.5 Å². The summed E-state index contributed by atoms with van der Waals surface area (Å²) in [6.07, 6.45) is 2.94. The molecule has 1 aromatic heterocycles. The highest BCUT2D eigenvalue weighted by molar-refractivity contribution is 7.91. The molecule has 1 aliphatic carbocycles. The fourth-order valence-electron chi connectivity index (χ4n) is 3.74. The third-order valence-electron chi connectivity index (χ3n) is 5.15. The van der Waals surface area contributed by atoms with Gasteiger partial charge < -0.3 is 15.4 Å². The number of nitrogens with one attached hydrogen (secondary N) is 2. The van der Waals surface area contributed by atoms with E-state index in [1.807, 2.05) is 0 Å². The molecule has 1 aromatic carbocycles. The van der Waals surface area contributed by atoms with Crippen molar-refractivity contribution in [2.75, 3.05) is 23.4 Å². The number of ether oxygens (including phenoxy) is 1. The third-order valence-corrected chi connectivity index (χ3v) is 8.13. The highest BCUT2D eigenvalue weighted by atomic mass is 32.2. The van der Waals surface area contributed by atoms with Gasteiger partial charge >= 0.3 is 0 Å². The third kappa shape index (κ3) is 4.65. The molecule has 2 aromatic rings. The molecule has 2 heterocycles. The number of amides is 2. The largest absolute Gasteiger partial charge is 0.484 e. The number of thiophene rings is 1. The van der Waals surface area contributed by atoms with Crippen molar-refractivity contribution in [1.29, 1.82) is 0 Å². The van der Waals surface area contributed by atoms with E-state index in [0.29, 0.717) is 22.7 Å². The number of carbonyl (C=O) groups is 2. The van der Waals surface area contributed by atoms with Crippen molar-refractivity contribution in [3.05, 3.63) is 46.1 Å². The second-order valence-corrected chi connectivity index (χ2v) is 10.8. The molecule has 7 nitrogen and oxygen atoms in total. The minimum atomic E-state index is -3.11. The standard InChI is InChI=1S/C20H21FN2O5S2/c21-12-4-6-14(7-5-12)28-10-17(24)23-20-18(15-2-1-3-16(15)29-20)19(25)22-13-8-9-30(26,27)11-13/h4-7,13H,1-3,8-11H2,(H,22,25)(H,23,24)/t13-/m1/s1. The SMILES string of the molecule is O=C(COc1ccc(F)cc1)Nc1sc2c(c1C(=O)N[C@@H]1CCS(=O)(=O)C1)CCC2. The van der Waals surface area contributed by atoms with Crippen molar-refractivity contribution in [2.24, 2.45) is 0 Å². The number of rotatable bonds is 6. The lowest BCUT2D eigenvalue weighted by Gasteiger charge is -2.13. The first-order chi connectivity index (χ1) is 14.3. The number of fused-ring (bicyclic) bond motifs is 1. The van der Waals surface area contributed by atoms with Gasteiger partial charge in [0.25, 0.3) is 11.8 Å². The van der Waals surface area contributed by atoms with Crippen LogP contribution in [0.1, 0.15) is 33.6 Å². The summed E-state index contributed by atoms with van der Waals surface area (Å²) in [6, 6.07) is 4.92. The van der Waals surface area contributed by atoms with Crippen LogP contribution >= 0.6 is 11.3 Å². The Morgan fingerprint density at radius 1 is 1.20 bits per heavy atom. The van der Waals surface area contributed by atoms with E-state index < -0.39 is 27.6 Å². The average molecular weight is 453 g/mol. The molecular weight excluding hydrogens is 431 g/mol. The van der Waals surface area contributed by atoms with Crippen LogP contribution in [-0.4, -0.2) is 44.4 Å². The van der Waals surface area contributed by atoms with Crippen LogP contribution in [0.15, 0.2) is 24.3 Å². The van der Waals surface area contributed by atoms with Gasteiger partial charge in [0.2, 0.25) is 0 Å². The smallest absolute Gasteiger partial charge is 0.262 e. The van der Waals surface area contributed by atoms with Crippen LogP contribution in [0.25, 0.3) is 0 Å². The van der Waals surface area contributed by atoms with Gasteiger partial charge in [-0.15, -0.1) is 11.3 Å². The minimum absolute atomic E-state index is 0.0573. The van der Waals surface area contributed by atoms with E-state index in [4.69, 9.17) is 4.74 Å². The van der Waals surface area contributed by atoms with E-state index in [1.165, 1.54) is 35.6 Å². The number of hydrogen-bond acceptors (Lipinski definition) is 6. The fraction of sp³-hybridized carbons (Fsp3) is 0.400. The highest BCUT2D eigenvalue weighted by Gasteiger charge is 2.32. The molecule has 2 amide bonds. The maximum Gasteiger partial charge on any atom is 0.262 e. The predicted molar refractivity (Wildman–Crippen MR) is 111 cm³/mol. The molecule has 1 atom stereocenters. The van der Waals surface area contributed by atoms with Gasteiger partial charge in [-0.3, -0.25) is 9.59 Å². The fourth-order valence-corrected chi connectivity index (χ4v) is 6.72. The summed E-state index contributed by atoms with van der Waals surface area (Å²) in [4.78, 5) is 26.4. The van der Waals surface area contributed by atoms with Crippen LogP contribution in [0.4, 0.5) is 9.39 Å². The first kappa shape index (κ1) is 20.8. The maximum atomic E-state index is 13.0. The van der Waals surface area contributed by atoms with Crippen LogP contribution < -0.4 is 15.4 Å². The van der Waals surface area contributed by atoms with Crippen LogP contribution in [0.5, 0.6) is 5.75 Å². The molecule has 0 saturated carbocycles. The van der Waals surface area contributed by atoms with Crippen molar-refractivity contribution >= 4 is 38.0 Å². The predicted octanol–water partition coefficient (Wildman–Crippen LogP) is 2.31. The Bertz CT molecular complexity index is 1080. The van der Waals surface area contributed by atoms with E-state index in [0.717, 1.165) is 29.7 Å². The van der Waals surface area contributed by atoms with Gasteiger partial charge in [0.15, 0.2) is 16.4 Å². The molecule has 160 valence electrons. The van der Waals surface area contributed by atoms with E-state index in [-0.39, 0.29) is 24.0 Å². The Morgan fingerprint density at radius 3 is 2.67 bits per heavy atom. The maximum absolute atomic E-state index is 13.0. The molecule has 0 unspecified atom stereocenters. The first-order valence-corrected chi connectivity index (χ1v) is 12.3. The zero-order valence-electron chi connectivity index (χ0n) is 16.1. The molecule has 1 fully saturated rings. The van der Waals surface area contributed by atoms with E-state index in [2.05, 4.69) is 10.6 Å². The summed E-state index contributed by atoms with van der Waals surface area (Å²) in [5, 5.41) is 6.01. The topological polar surface area (TPSA) is 102 Å². The van der Waals surface area contributed by atoms with Gasteiger partial charge in [-0.2, -0.15) is 0 Å². The van der Waals surface area contributed by atoms with Gasteiger partial charge in [-0.25, -0.2) is 12.8 Å². The Kier molecular flexibility index (Phi) is 5.79. The average Bonchev–Trinajstić information content (AvgIpc) is 3.35. The Hall–Kier alpha value is -2.46. The molecule has 30 heavy (non-hydrogen) atoms. The molecule has 2 aliphatic rings. The Balaban J connectivity index is 1.45. The molecule has 1 aliphatic heterocycles. The summed E-state index contributed by atoms with van der Waals surface area (Å²) < 4.78 is 41.7. The quantitative estimate of drug-likeness (QED) is 0.700. The molecule has 1 saturated heterocycles. The summed E-state index contributed by atoms with van der Waals surface area (Å²) in [6.45, 7) is -0.282. The summed E-state index contributed by atoms with van der Waals surface area (Å²) in [7, 11) is -3.11. The van der Waals surface area contributed by atoms with Crippen LogP contribution in [0, 0.1) is 5.82 Å². The lowest BCUT2D eigenvalue weighted by molar-refractivity contribution is -0.118. The van der Waals surface area contributed by atoms with Gasteiger partial charge in [0.05, 0.1) is 17.1 Å². The molecule has 10 heteroatoms. The number of hydrogen-bond donors (Lipinski definition) is 2. The molecular formula is C20H21FN2O5S2. The molecule has 0 radical (unpaired) electrons. The van der Waals surface area contributed by atoms with Crippen molar-refractivity contribution < 1.29 is 27.1 Å². The summed E-state index contributed by atoms with van der Waals surface area (Å²) >= 11 is 1.37. The number of halogens is 1. The molecule has 0 bridgehead atoms. The van der Waals surface area contributed by atoms with E-state index in [1.54, 1.807) is 0 Å². The summed E-state index contributed by atoms with van der Waals surface area (Å²) in [5.74, 6) is -0.809. The van der Waals surface area contributed by atoms with Gasteiger partial charge in [0.1, 0.15) is 16.6 Å². The van der Waals surface area contributed by atoms with Gasteiger partial charge in [-0.1, -0.05) is 0 Å². The van der Waals surface area contributed by atoms with Gasteiger partial charge in [0, 0.05) is 10.9 Å². The van der Waals surface area contributed by atoms with E-state index >= 15 is 0 Å². The number of benzene rings is 1. The molecule has 0 spiro atoms. The second-order valence-electron chi connectivity index (χ2n) is 7.43. The van der Waals surface area contributed by atoms with Gasteiger partial charge in [-0.05, 0) is 55.5 Å². The van der Waals surface area contributed by atoms with Crippen LogP contribution in [0.3, 0.4) is 0 Å². The lowest BCUT2D eigenvalue weighted by atomic mass is 10.1. The highest BCUT2D eigenvalue weighted by Crippen LogP contribution is 2.39. The monoisotopic (exact) mass is 452 g/mol. The van der Waals surface area contributed by atoms with E-state index in [9.17, 15) is 22.4 Å². The number of sulfone groups is 1. The van der Waals surface area contributed by atoms with Crippen molar-refractivity contribution in [3.8, 4) is 5.75 Å². The van der Waals surface area contributed by atoms with Crippen molar-refractivity contribution in [2.45, 2.75) is 31.7 Å². The molecule has 2 N–H and O–H groups in total. The zero-order chi connectivity index (χ0) is 21.3. The first-order valence-electron chi connectivity index (χ1n) is 9.65. The van der Waals surface area contributed by atoms with Crippen molar-refractivity contribution in [1.82, 2.24) is 5.32 Å². The minimum Gasteiger partial charge on any atom is -0.484 e. The van der Waals surface area contributed by atoms with Crippen LogP contribution in [0.2, 0.25) is 0 Å².